The van der Waals surface area contributed by atoms with Crippen LogP contribution in [0.25, 0.3) is 0 Å². The van der Waals surface area contributed by atoms with E-state index in [2.05, 4.69) is 27.3 Å². The van der Waals surface area contributed by atoms with Crippen molar-refractivity contribution >= 4 is 33.6 Å². The lowest BCUT2D eigenvalue weighted by molar-refractivity contribution is -0.118. The van der Waals surface area contributed by atoms with E-state index in [4.69, 9.17) is 4.74 Å². The Bertz CT molecular complexity index is 634. The van der Waals surface area contributed by atoms with E-state index in [0.717, 1.165) is 21.5 Å². The zero-order valence-electron chi connectivity index (χ0n) is 12.3. The van der Waals surface area contributed by atoms with Gasteiger partial charge in [0.15, 0.2) is 0 Å². The van der Waals surface area contributed by atoms with Crippen molar-refractivity contribution in [2.75, 3.05) is 12.9 Å². The third-order valence-electron chi connectivity index (χ3n) is 3.07. The van der Waals surface area contributed by atoms with Gasteiger partial charge in [-0.3, -0.25) is 4.79 Å². The summed E-state index contributed by atoms with van der Waals surface area (Å²) in [7, 11) is 1.63. The molecule has 0 fully saturated rings. The highest BCUT2D eigenvalue weighted by Crippen LogP contribution is 2.21. The lowest BCUT2D eigenvalue weighted by atomic mass is 10.2. The monoisotopic (exact) mass is 379 g/mol. The molecule has 0 bridgehead atoms. The summed E-state index contributed by atoms with van der Waals surface area (Å²) >= 11 is 5.12. The van der Waals surface area contributed by atoms with Crippen LogP contribution in [-0.4, -0.2) is 18.8 Å². The molecule has 2 rings (SSSR count). The summed E-state index contributed by atoms with van der Waals surface area (Å²) in [5.74, 6) is 2.11. The first kappa shape index (κ1) is 16.9. The lowest BCUT2D eigenvalue weighted by Gasteiger charge is -2.07. The van der Waals surface area contributed by atoms with Crippen molar-refractivity contribution in [3.05, 3.63) is 64.1 Å². The highest BCUT2D eigenvalue weighted by atomic mass is 79.9. The number of hydrogen-bond acceptors (Lipinski definition) is 3. The molecule has 22 heavy (non-hydrogen) atoms. The molecule has 0 aliphatic carbocycles. The van der Waals surface area contributed by atoms with Gasteiger partial charge in [0, 0.05) is 16.8 Å². The van der Waals surface area contributed by atoms with Crippen LogP contribution < -0.4 is 10.1 Å². The van der Waals surface area contributed by atoms with Crippen LogP contribution >= 0.6 is 27.7 Å². The van der Waals surface area contributed by atoms with E-state index in [9.17, 15) is 4.79 Å². The van der Waals surface area contributed by atoms with Crippen LogP contribution in [0.15, 0.2) is 53.0 Å². The number of methoxy groups -OCH3 is 1. The summed E-state index contributed by atoms with van der Waals surface area (Å²) in [4.78, 5) is 11.9. The van der Waals surface area contributed by atoms with E-state index < -0.39 is 0 Å². The molecule has 0 saturated carbocycles. The predicted octanol–water partition coefficient (Wildman–Crippen LogP) is 4.01. The van der Waals surface area contributed by atoms with Gasteiger partial charge in [0.1, 0.15) is 5.75 Å². The predicted molar refractivity (Wildman–Crippen MR) is 95.1 cm³/mol. The van der Waals surface area contributed by atoms with Crippen LogP contribution in [-0.2, 0) is 17.1 Å². The van der Waals surface area contributed by atoms with Crippen LogP contribution in [0.3, 0.4) is 0 Å². The number of carbonyl (C=O) groups excluding carboxylic acids is 1. The molecule has 0 heterocycles. The van der Waals surface area contributed by atoms with Crippen molar-refractivity contribution in [3.8, 4) is 5.75 Å². The van der Waals surface area contributed by atoms with Crippen molar-refractivity contribution in [1.82, 2.24) is 5.32 Å². The number of rotatable bonds is 7. The third-order valence-corrected chi connectivity index (χ3v) is 4.83. The van der Waals surface area contributed by atoms with E-state index >= 15 is 0 Å². The molecule has 1 amide bonds. The van der Waals surface area contributed by atoms with Gasteiger partial charge in [-0.15, -0.1) is 11.8 Å². The Morgan fingerprint density at radius 3 is 2.82 bits per heavy atom. The fourth-order valence-corrected chi connectivity index (χ4v) is 3.37. The lowest BCUT2D eigenvalue weighted by Crippen LogP contribution is -2.24. The molecule has 3 nitrogen and oxygen atoms in total. The number of nitrogens with one attached hydrogen (secondary N) is 1. The van der Waals surface area contributed by atoms with Gasteiger partial charge in [-0.2, -0.15) is 0 Å². The van der Waals surface area contributed by atoms with Crippen molar-refractivity contribution in [1.29, 1.82) is 0 Å². The van der Waals surface area contributed by atoms with Gasteiger partial charge in [0.2, 0.25) is 5.91 Å². The van der Waals surface area contributed by atoms with Crippen LogP contribution in [0.2, 0.25) is 0 Å². The van der Waals surface area contributed by atoms with Gasteiger partial charge in [-0.1, -0.05) is 46.3 Å². The summed E-state index contributed by atoms with van der Waals surface area (Å²) < 4.78 is 6.25. The first-order valence-corrected chi connectivity index (χ1v) is 8.84. The van der Waals surface area contributed by atoms with Crippen LogP contribution in [0, 0.1) is 0 Å². The maximum absolute atomic E-state index is 11.9. The van der Waals surface area contributed by atoms with E-state index in [1.165, 1.54) is 5.56 Å². The Balaban J connectivity index is 1.73. The normalized spacial score (nSPS) is 10.3. The zero-order valence-corrected chi connectivity index (χ0v) is 14.7. The first-order chi connectivity index (χ1) is 10.7. The highest BCUT2D eigenvalue weighted by Gasteiger charge is 2.04. The van der Waals surface area contributed by atoms with Crippen molar-refractivity contribution < 1.29 is 9.53 Å². The van der Waals surface area contributed by atoms with E-state index in [1.807, 2.05) is 42.5 Å². The molecule has 0 aromatic heterocycles. The summed E-state index contributed by atoms with van der Waals surface area (Å²) in [6.07, 6.45) is 0. The zero-order chi connectivity index (χ0) is 15.8. The summed E-state index contributed by atoms with van der Waals surface area (Å²) in [5, 5.41) is 2.92. The summed E-state index contributed by atoms with van der Waals surface area (Å²) in [6, 6.07) is 15.8. The van der Waals surface area contributed by atoms with E-state index in [-0.39, 0.29) is 5.91 Å². The molecule has 1 N–H and O–H groups in total. The minimum absolute atomic E-state index is 0.0415. The summed E-state index contributed by atoms with van der Waals surface area (Å²) in [5.41, 5.74) is 2.23. The minimum atomic E-state index is 0.0415. The van der Waals surface area contributed by atoms with Crippen LogP contribution in [0.1, 0.15) is 11.1 Å². The molecule has 2 aromatic rings. The van der Waals surface area contributed by atoms with Gasteiger partial charge in [0.05, 0.1) is 12.9 Å². The topological polar surface area (TPSA) is 38.3 Å². The Hall–Kier alpha value is -1.46. The van der Waals surface area contributed by atoms with Gasteiger partial charge in [-0.05, 0) is 29.3 Å². The van der Waals surface area contributed by atoms with Crippen molar-refractivity contribution in [3.63, 3.8) is 0 Å². The average molecular weight is 380 g/mol. The smallest absolute Gasteiger partial charge is 0.230 e. The summed E-state index contributed by atoms with van der Waals surface area (Å²) in [6.45, 7) is 0.519. The fourth-order valence-electron chi connectivity index (χ4n) is 1.90. The van der Waals surface area contributed by atoms with Crippen LogP contribution in [0.4, 0.5) is 0 Å². The number of thioether (sulfide) groups is 1. The largest absolute Gasteiger partial charge is 0.497 e. The standard InChI is InChI=1S/C17H18BrNO2S/c1-21-15-7-4-5-13(9-15)10-19-17(20)12-22-11-14-6-2-3-8-16(14)18/h2-9H,10-12H2,1H3,(H,19,20). The van der Waals surface area contributed by atoms with Crippen LogP contribution in [0.5, 0.6) is 5.75 Å². The second kappa shape index (κ2) is 8.86. The molecule has 0 atom stereocenters. The van der Waals surface area contributed by atoms with Gasteiger partial charge in [-0.25, -0.2) is 0 Å². The fraction of sp³-hybridized carbons (Fsp3) is 0.235. The number of halogens is 1. The number of amides is 1. The third kappa shape index (κ3) is 5.39. The number of ether oxygens (including phenoxy) is 1. The minimum Gasteiger partial charge on any atom is -0.497 e. The van der Waals surface area contributed by atoms with E-state index in [1.54, 1.807) is 18.9 Å². The number of hydrogen-bond donors (Lipinski definition) is 1. The Labute approximate surface area is 143 Å². The number of carbonyl (C=O) groups is 1. The Morgan fingerprint density at radius 2 is 2.05 bits per heavy atom. The molecule has 0 aliphatic heterocycles. The maximum atomic E-state index is 11.9. The van der Waals surface area contributed by atoms with Gasteiger partial charge >= 0.3 is 0 Å². The molecule has 0 saturated heterocycles. The Kier molecular flexibility index (Phi) is 6.80. The molecule has 0 spiro atoms. The Morgan fingerprint density at radius 1 is 1.23 bits per heavy atom. The molecule has 0 aliphatic rings. The van der Waals surface area contributed by atoms with Crippen molar-refractivity contribution in [2.45, 2.75) is 12.3 Å². The molecular weight excluding hydrogens is 362 g/mol. The molecule has 0 radical (unpaired) electrons. The maximum Gasteiger partial charge on any atom is 0.230 e. The SMILES string of the molecule is COc1cccc(CNC(=O)CSCc2ccccc2Br)c1. The second-order valence-electron chi connectivity index (χ2n) is 4.71. The average Bonchev–Trinajstić information content (AvgIpc) is 2.55. The molecule has 116 valence electrons. The molecular formula is C17H18BrNO2S. The highest BCUT2D eigenvalue weighted by molar-refractivity contribution is 9.10. The van der Waals surface area contributed by atoms with Gasteiger partial charge < -0.3 is 10.1 Å². The second-order valence-corrected chi connectivity index (χ2v) is 6.55. The first-order valence-electron chi connectivity index (χ1n) is 6.90. The van der Waals surface area contributed by atoms with Crippen molar-refractivity contribution in [2.24, 2.45) is 0 Å². The molecule has 0 unspecified atom stereocenters. The quantitative estimate of drug-likeness (QED) is 0.789. The molecule has 2 aromatic carbocycles. The molecule has 5 heteroatoms. The van der Waals surface area contributed by atoms with Gasteiger partial charge in [0.25, 0.3) is 0 Å². The number of benzene rings is 2. The van der Waals surface area contributed by atoms with E-state index in [0.29, 0.717) is 12.3 Å².